The van der Waals surface area contributed by atoms with Crippen molar-refractivity contribution in [3.8, 4) is 0 Å². The van der Waals surface area contributed by atoms with E-state index in [1.54, 1.807) is 12.1 Å². The Bertz CT molecular complexity index is 839. The molecule has 2 atom stereocenters. The van der Waals surface area contributed by atoms with Gasteiger partial charge in [0, 0.05) is 17.6 Å². The lowest BCUT2D eigenvalue weighted by Crippen LogP contribution is -2.29. The van der Waals surface area contributed by atoms with Gasteiger partial charge in [0.1, 0.15) is 11.0 Å². The van der Waals surface area contributed by atoms with Gasteiger partial charge in [0.15, 0.2) is 0 Å². The van der Waals surface area contributed by atoms with Crippen molar-refractivity contribution in [3.05, 3.63) is 101 Å². The van der Waals surface area contributed by atoms with E-state index in [9.17, 15) is 4.21 Å². The molecule has 0 aliphatic carbocycles. The van der Waals surface area contributed by atoms with Crippen molar-refractivity contribution < 1.29 is 4.21 Å². The molecule has 0 amide bonds. The van der Waals surface area contributed by atoms with Crippen LogP contribution in [0.1, 0.15) is 24.1 Å². The fraction of sp³-hybridized carbons (Fsp3) is 0.143. The van der Waals surface area contributed by atoms with Gasteiger partial charge in [-0.1, -0.05) is 78.3 Å². The van der Waals surface area contributed by atoms with Crippen molar-refractivity contribution in [3.63, 3.8) is 0 Å². The second-order valence-corrected chi connectivity index (χ2v) is 7.73. The van der Waals surface area contributed by atoms with Crippen LogP contribution in [0.15, 0.2) is 89.8 Å². The standard InChI is InChI=1S/C21H20ClNOS/c1-17(19-11-6-3-7-12-19)23(16-18-9-4-2-5-10-18)25(24)21-14-8-13-20(22)15-21/h2-15,17H,16H2,1H3/t17-,25-/m1/s1. The third-order valence-corrected chi connectivity index (χ3v) is 5.87. The minimum Gasteiger partial charge on any atom is -0.237 e. The highest BCUT2D eigenvalue weighted by Gasteiger charge is 2.23. The first-order valence-corrected chi connectivity index (χ1v) is 9.66. The first-order chi connectivity index (χ1) is 12.1. The minimum atomic E-state index is -1.31. The molecule has 4 heteroatoms. The van der Waals surface area contributed by atoms with Crippen LogP contribution in [-0.2, 0) is 17.5 Å². The summed E-state index contributed by atoms with van der Waals surface area (Å²) in [5.74, 6) is 0. The Labute approximate surface area is 156 Å². The van der Waals surface area contributed by atoms with Crippen LogP contribution in [0.2, 0.25) is 5.02 Å². The number of benzene rings is 3. The van der Waals surface area contributed by atoms with E-state index in [1.165, 1.54) is 0 Å². The molecule has 0 aromatic heterocycles. The van der Waals surface area contributed by atoms with E-state index < -0.39 is 11.0 Å². The summed E-state index contributed by atoms with van der Waals surface area (Å²) in [7, 11) is -1.31. The molecule has 2 nitrogen and oxygen atoms in total. The highest BCUT2D eigenvalue weighted by molar-refractivity contribution is 7.82. The molecule has 25 heavy (non-hydrogen) atoms. The lowest BCUT2D eigenvalue weighted by Gasteiger charge is -2.28. The number of rotatable bonds is 6. The molecule has 0 aliphatic rings. The van der Waals surface area contributed by atoms with E-state index >= 15 is 0 Å². The first kappa shape index (κ1) is 17.9. The molecule has 0 saturated carbocycles. The van der Waals surface area contributed by atoms with Crippen molar-refractivity contribution in [2.24, 2.45) is 0 Å². The Kier molecular flexibility index (Phi) is 6.03. The average molecular weight is 370 g/mol. The van der Waals surface area contributed by atoms with Crippen LogP contribution < -0.4 is 0 Å². The smallest absolute Gasteiger partial charge is 0.128 e. The Hall–Kier alpha value is -1.94. The van der Waals surface area contributed by atoms with E-state index in [-0.39, 0.29) is 6.04 Å². The maximum absolute atomic E-state index is 13.3. The average Bonchev–Trinajstić information content (AvgIpc) is 2.66. The maximum Gasteiger partial charge on any atom is 0.128 e. The van der Waals surface area contributed by atoms with Gasteiger partial charge in [0.2, 0.25) is 0 Å². The third kappa shape index (κ3) is 4.57. The lowest BCUT2D eigenvalue weighted by atomic mass is 10.1. The second-order valence-electron chi connectivity index (χ2n) is 5.85. The Morgan fingerprint density at radius 1 is 0.920 bits per heavy atom. The molecule has 3 rings (SSSR count). The molecule has 0 radical (unpaired) electrons. The molecule has 0 fully saturated rings. The molecule has 0 heterocycles. The summed E-state index contributed by atoms with van der Waals surface area (Å²) >= 11 is 6.10. The van der Waals surface area contributed by atoms with E-state index in [0.717, 1.165) is 11.1 Å². The summed E-state index contributed by atoms with van der Waals surface area (Å²) in [5.41, 5.74) is 2.26. The third-order valence-electron chi connectivity index (χ3n) is 4.11. The zero-order chi connectivity index (χ0) is 17.6. The summed E-state index contributed by atoms with van der Waals surface area (Å²) in [6, 6.07) is 27.5. The van der Waals surface area contributed by atoms with Gasteiger partial charge in [0.25, 0.3) is 0 Å². The van der Waals surface area contributed by atoms with Crippen molar-refractivity contribution in [2.75, 3.05) is 0 Å². The second kappa shape index (κ2) is 8.43. The maximum atomic E-state index is 13.3. The van der Waals surface area contributed by atoms with E-state index in [1.807, 2.05) is 52.8 Å². The summed E-state index contributed by atoms with van der Waals surface area (Å²) in [5, 5.41) is 0.595. The van der Waals surface area contributed by atoms with Crippen LogP contribution in [0, 0.1) is 0 Å². The quantitative estimate of drug-likeness (QED) is 0.551. The van der Waals surface area contributed by atoms with Crippen LogP contribution in [0.5, 0.6) is 0 Å². The summed E-state index contributed by atoms with van der Waals surface area (Å²) in [6.07, 6.45) is 0. The predicted molar refractivity (Wildman–Crippen MR) is 105 cm³/mol. The summed E-state index contributed by atoms with van der Waals surface area (Å²) in [6.45, 7) is 2.68. The van der Waals surface area contributed by atoms with E-state index in [0.29, 0.717) is 16.5 Å². The molecule has 0 aliphatic heterocycles. The molecular weight excluding hydrogens is 350 g/mol. The number of hydrogen-bond acceptors (Lipinski definition) is 1. The van der Waals surface area contributed by atoms with Gasteiger partial charge in [-0.25, -0.2) is 8.51 Å². The minimum absolute atomic E-state index is 0.00113. The number of halogens is 1. The SMILES string of the molecule is C[C@H](c1ccccc1)N(Cc1ccccc1)[S@](=O)c1cccc(Cl)c1. The molecule has 0 unspecified atom stereocenters. The normalized spacial score (nSPS) is 13.6. The molecule has 0 spiro atoms. The lowest BCUT2D eigenvalue weighted by molar-refractivity contribution is 0.358. The van der Waals surface area contributed by atoms with Crippen LogP contribution in [0.25, 0.3) is 0 Å². The van der Waals surface area contributed by atoms with Crippen LogP contribution in [0.4, 0.5) is 0 Å². The van der Waals surface area contributed by atoms with Crippen LogP contribution in [-0.4, -0.2) is 8.51 Å². The zero-order valence-corrected chi connectivity index (χ0v) is 15.6. The molecule has 128 valence electrons. The van der Waals surface area contributed by atoms with Gasteiger partial charge >= 0.3 is 0 Å². The summed E-state index contributed by atoms with van der Waals surface area (Å²) < 4.78 is 15.3. The summed E-state index contributed by atoms with van der Waals surface area (Å²) in [4.78, 5) is 0.714. The van der Waals surface area contributed by atoms with Crippen LogP contribution >= 0.6 is 11.6 Å². The Morgan fingerprint density at radius 2 is 1.56 bits per heavy atom. The monoisotopic (exact) mass is 369 g/mol. The van der Waals surface area contributed by atoms with Gasteiger partial charge in [-0.15, -0.1) is 0 Å². The van der Waals surface area contributed by atoms with E-state index in [4.69, 9.17) is 11.6 Å². The van der Waals surface area contributed by atoms with Gasteiger partial charge in [-0.05, 0) is 36.2 Å². The van der Waals surface area contributed by atoms with Gasteiger partial charge in [0.05, 0.1) is 4.90 Å². The first-order valence-electron chi connectivity index (χ1n) is 8.18. The van der Waals surface area contributed by atoms with Crippen molar-refractivity contribution in [2.45, 2.75) is 24.4 Å². The molecular formula is C21H20ClNOS. The highest BCUT2D eigenvalue weighted by atomic mass is 35.5. The van der Waals surface area contributed by atoms with Gasteiger partial charge in [-0.2, -0.15) is 0 Å². The molecule has 3 aromatic carbocycles. The van der Waals surface area contributed by atoms with Crippen molar-refractivity contribution in [1.29, 1.82) is 0 Å². The van der Waals surface area contributed by atoms with Crippen molar-refractivity contribution in [1.82, 2.24) is 4.31 Å². The Balaban J connectivity index is 1.95. The number of hydrogen-bond donors (Lipinski definition) is 0. The molecule has 0 saturated heterocycles. The molecule has 3 aromatic rings. The largest absolute Gasteiger partial charge is 0.237 e. The predicted octanol–water partition coefficient (Wildman–Crippen LogP) is 5.63. The molecule has 0 bridgehead atoms. The topological polar surface area (TPSA) is 20.3 Å². The molecule has 0 N–H and O–H groups in total. The zero-order valence-electron chi connectivity index (χ0n) is 14.0. The Morgan fingerprint density at radius 3 is 2.20 bits per heavy atom. The van der Waals surface area contributed by atoms with Crippen LogP contribution in [0.3, 0.4) is 0 Å². The van der Waals surface area contributed by atoms with Gasteiger partial charge < -0.3 is 0 Å². The number of nitrogens with zero attached hydrogens (tertiary/aromatic N) is 1. The fourth-order valence-corrected chi connectivity index (χ4v) is 4.34. The highest BCUT2D eigenvalue weighted by Crippen LogP contribution is 2.27. The van der Waals surface area contributed by atoms with Crippen molar-refractivity contribution >= 4 is 22.6 Å². The fourth-order valence-electron chi connectivity index (χ4n) is 2.71. The van der Waals surface area contributed by atoms with E-state index in [2.05, 4.69) is 31.2 Å². The van der Waals surface area contributed by atoms with Gasteiger partial charge in [-0.3, -0.25) is 0 Å².